The van der Waals surface area contributed by atoms with Gasteiger partial charge >= 0.3 is 0 Å². The quantitative estimate of drug-likeness (QED) is 0.850. The van der Waals surface area contributed by atoms with Gasteiger partial charge in [0.05, 0.1) is 19.4 Å². The Labute approximate surface area is 103 Å². The van der Waals surface area contributed by atoms with Crippen LogP contribution < -0.4 is 9.64 Å². The predicted octanol–water partition coefficient (Wildman–Crippen LogP) is 2.29. The van der Waals surface area contributed by atoms with E-state index >= 15 is 0 Å². The standard InChI is InChI=1S/C14H21NO2/c1-15(10-14(11-16)8-5-9-14)12-6-3-4-7-13(12)17-2/h3-4,6-7,16H,5,8-11H2,1-2H3. The van der Waals surface area contributed by atoms with Gasteiger partial charge in [0.1, 0.15) is 5.75 Å². The van der Waals surface area contributed by atoms with Crippen LogP contribution in [0.4, 0.5) is 5.69 Å². The van der Waals surface area contributed by atoms with Crippen molar-refractivity contribution in [3.05, 3.63) is 24.3 Å². The molecule has 1 aromatic carbocycles. The normalized spacial score (nSPS) is 17.4. The summed E-state index contributed by atoms with van der Waals surface area (Å²) in [5, 5.41) is 9.50. The van der Waals surface area contributed by atoms with Crippen molar-refractivity contribution in [2.24, 2.45) is 5.41 Å². The lowest BCUT2D eigenvalue weighted by molar-refractivity contribution is 0.0523. The summed E-state index contributed by atoms with van der Waals surface area (Å²) in [5.41, 5.74) is 1.20. The fourth-order valence-corrected chi connectivity index (χ4v) is 2.58. The van der Waals surface area contributed by atoms with Crippen LogP contribution in [0.15, 0.2) is 24.3 Å². The highest BCUT2D eigenvalue weighted by atomic mass is 16.5. The second-order valence-electron chi connectivity index (χ2n) is 5.04. The summed E-state index contributed by atoms with van der Waals surface area (Å²) >= 11 is 0. The van der Waals surface area contributed by atoms with Gasteiger partial charge in [-0.2, -0.15) is 0 Å². The van der Waals surface area contributed by atoms with E-state index < -0.39 is 0 Å². The molecular formula is C14H21NO2. The second kappa shape index (κ2) is 4.96. The highest BCUT2D eigenvalue weighted by Gasteiger charge is 2.37. The van der Waals surface area contributed by atoms with Crippen LogP contribution in [0.5, 0.6) is 5.75 Å². The number of rotatable bonds is 5. The molecule has 0 spiro atoms. The number of methoxy groups -OCH3 is 1. The van der Waals surface area contributed by atoms with Gasteiger partial charge in [0, 0.05) is 19.0 Å². The summed E-state index contributed by atoms with van der Waals surface area (Å²) in [7, 11) is 3.76. The molecule has 0 unspecified atom stereocenters. The lowest BCUT2D eigenvalue weighted by atomic mass is 9.69. The third-order valence-corrected chi connectivity index (χ3v) is 3.82. The monoisotopic (exact) mass is 235 g/mol. The Morgan fingerprint density at radius 1 is 1.35 bits per heavy atom. The van der Waals surface area contributed by atoms with Crippen LogP contribution in [0.25, 0.3) is 0 Å². The topological polar surface area (TPSA) is 32.7 Å². The number of para-hydroxylation sites is 2. The Hall–Kier alpha value is -1.22. The van der Waals surface area contributed by atoms with Gasteiger partial charge in [0.15, 0.2) is 0 Å². The molecule has 0 saturated heterocycles. The van der Waals surface area contributed by atoms with Gasteiger partial charge in [-0.3, -0.25) is 0 Å². The van der Waals surface area contributed by atoms with Crippen LogP contribution in [0.2, 0.25) is 0 Å². The highest BCUT2D eigenvalue weighted by molar-refractivity contribution is 5.58. The van der Waals surface area contributed by atoms with E-state index in [2.05, 4.69) is 18.0 Å². The Kier molecular flexibility index (Phi) is 3.57. The number of aliphatic hydroxyl groups excluding tert-OH is 1. The van der Waals surface area contributed by atoms with Crippen LogP contribution in [-0.4, -0.2) is 32.4 Å². The zero-order chi connectivity index (χ0) is 12.3. The number of hydrogen-bond acceptors (Lipinski definition) is 3. The van der Waals surface area contributed by atoms with E-state index in [4.69, 9.17) is 4.74 Å². The molecule has 0 bridgehead atoms. The van der Waals surface area contributed by atoms with Gasteiger partial charge in [-0.1, -0.05) is 18.6 Å². The SMILES string of the molecule is COc1ccccc1N(C)CC1(CO)CCC1. The van der Waals surface area contributed by atoms with Crippen LogP contribution in [0.3, 0.4) is 0 Å². The van der Waals surface area contributed by atoms with Crippen molar-refractivity contribution >= 4 is 5.69 Å². The van der Waals surface area contributed by atoms with Gasteiger partial charge in [0.2, 0.25) is 0 Å². The molecule has 0 atom stereocenters. The summed E-state index contributed by atoms with van der Waals surface area (Å²) in [6.45, 7) is 1.18. The van der Waals surface area contributed by atoms with Crippen molar-refractivity contribution in [3.8, 4) is 5.75 Å². The van der Waals surface area contributed by atoms with E-state index in [-0.39, 0.29) is 12.0 Å². The molecule has 0 amide bonds. The first-order valence-corrected chi connectivity index (χ1v) is 6.16. The number of aliphatic hydroxyl groups is 1. The van der Waals surface area contributed by atoms with Gasteiger partial charge in [0.25, 0.3) is 0 Å². The molecule has 94 valence electrons. The number of ether oxygens (including phenoxy) is 1. The van der Waals surface area contributed by atoms with Gasteiger partial charge < -0.3 is 14.7 Å². The van der Waals surface area contributed by atoms with Crippen molar-refractivity contribution in [3.63, 3.8) is 0 Å². The van der Waals surface area contributed by atoms with E-state index in [0.29, 0.717) is 0 Å². The maximum absolute atomic E-state index is 9.50. The molecule has 1 aliphatic rings. The van der Waals surface area contributed by atoms with Crippen LogP contribution in [0.1, 0.15) is 19.3 Å². The Morgan fingerprint density at radius 3 is 2.59 bits per heavy atom. The lowest BCUT2D eigenvalue weighted by Gasteiger charge is -2.43. The molecule has 1 fully saturated rings. The smallest absolute Gasteiger partial charge is 0.142 e. The fraction of sp³-hybridized carbons (Fsp3) is 0.571. The van der Waals surface area contributed by atoms with E-state index in [1.165, 1.54) is 6.42 Å². The van der Waals surface area contributed by atoms with E-state index in [1.54, 1.807) is 7.11 Å². The Balaban J connectivity index is 2.11. The predicted molar refractivity (Wildman–Crippen MR) is 69.6 cm³/mol. The summed E-state index contributed by atoms with van der Waals surface area (Å²) in [4.78, 5) is 2.19. The summed E-state index contributed by atoms with van der Waals surface area (Å²) in [6, 6.07) is 8.02. The molecular weight excluding hydrogens is 214 g/mol. The van der Waals surface area contributed by atoms with E-state index in [9.17, 15) is 5.11 Å². The van der Waals surface area contributed by atoms with Crippen molar-refractivity contribution in [2.45, 2.75) is 19.3 Å². The number of anilines is 1. The van der Waals surface area contributed by atoms with Gasteiger partial charge in [-0.25, -0.2) is 0 Å². The first-order valence-electron chi connectivity index (χ1n) is 6.16. The Morgan fingerprint density at radius 2 is 2.06 bits per heavy atom. The van der Waals surface area contributed by atoms with E-state index in [0.717, 1.165) is 30.8 Å². The number of hydrogen-bond donors (Lipinski definition) is 1. The third kappa shape index (κ3) is 2.39. The molecule has 0 radical (unpaired) electrons. The molecule has 1 N–H and O–H groups in total. The molecule has 1 aromatic rings. The molecule has 3 heteroatoms. The average Bonchev–Trinajstić information content (AvgIpc) is 2.33. The zero-order valence-electron chi connectivity index (χ0n) is 10.6. The highest BCUT2D eigenvalue weighted by Crippen LogP contribution is 2.42. The number of benzene rings is 1. The number of nitrogens with zero attached hydrogens (tertiary/aromatic N) is 1. The molecule has 17 heavy (non-hydrogen) atoms. The maximum atomic E-state index is 9.50. The minimum Gasteiger partial charge on any atom is -0.495 e. The largest absolute Gasteiger partial charge is 0.495 e. The Bertz CT molecular complexity index is 369. The first-order chi connectivity index (χ1) is 8.21. The van der Waals surface area contributed by atoms with Gasteiger partial charge in [-0.15, -0.1) is 0 Å². The van der Waals surface area contributed by atoms with Crippen molar-refractivity contribution in [1.82, 2.24) is 0 Å². The van der Waals surface area contributed by atoms with Crippen molar-refractivity contribution in [2.75, 3.05) is 32.2 Å². The molecule has 1 aliphatic carbocycles. The first kappa shape index (κ1) is 12.2. The summed E-state index contributed by atoms with van der Waals surface area (Å²) in [5.74, 6) is 0.891. The second-order valence-corrected chi connectivity index (χ2v) is 5.04. The van der Waals surface area contributed by atoms with Crippen LogP contribution in [0, 0.1) is 5.41 Å². The van der Waals surface area contributed by atoms with Crippen molar-refractivity contribution in [1.29, 1.82) is 0 Å². The summed E-state index contributed by atoms with van der Waals surface area (Å²) < 4.78 is 5.36. The van der Waals surface area contributed by atoms with Crippen LogP contribution in [-0.2, 0) is 0 Å². The minimum atomic E-state index is 0.107. The lowest BCUT2D eigenvalue weighted by Crippen LogP contribution is -2.43. The molecule has 1 saturated carbocycles. The van der Waals surface area contributed by atoms with E-state index in [1.807, 2.05) is 18.2 Å². The summed E-state index contributed by atoms with van der Waals surface area (Å²) in [6.07, 6.45) is 3.49. The molecule has 0 aromatic heterocycles. The fourth-order valence-electron chi connectivity index (χ4n) is 2.58. The molecule has 0 aliphatic heterocycles. The zero-order valence-corrected chi connectivity index (χ0v) is 10.6. The van der Waals surface area contributed by atoms with Crippen molar-refractivity contribution < 1.29 is 9.84 Å². The van der Waals surface area contributed by atoms with Gasteiger partial charge in [-0.05, 0) is 25.0 Å². The third-order valence-electron chi connectivity index (χ3n) is 3.82. The minimum absolute atomic E-state index is 0.107. The molecule has 0 heterocycles. The van der Waals surface area contributed by atoms with Crippen LogP contribution >= 0.6 is 0 Å². The average molecular weight is 235 g/mol. The molecule has 3 nitrogen and oxygen atoms in total. The maximum Gasteiger partial charge on any atom is 0.142 e. The molecule has 2 rings (SSSR count).